The van der Waals surface area contributed by atoms with Crippen molar-refractivity contribution >= 4 is 46.8 Å². The van der Waals surface area contributed by atoms with Crippen molar-refractivity contribution in [3.63, 3.8) is 0 Å². The number of carbonyl (C=O) groups is 3. The highest BCUT2D eigenvalue weighted by molar-refractivity contribution is 6.30. The van der Waals surface area contributed by atoms with Crippen molar-refractivity contribution in [2.24, 2.45) is 0 Å². The van der Waals surface area contributed by atoms with E-state index in [0.717, 1.165) is 5.56 Å². The molecule has 2 fully saturated rings. The first-order chi connectivity index (χ1) is 17.5. The summed E-state index contributed by atoms with van der Waals surface area (Å²) in [6.45, 7) is 6.39. The van der Waals surface area contributed by atoms with Gasteiger partial charge >= 0.3 is 6.09 Å². The van der Waals surface area contributed by atoms with Crippen LogP contribution in [0.4, 0.5) is 10.5 Å². The van der Waals surface area contributed by atoms with Gasteiger partial charge in [-0.15, -0.1) is 0 Å². The maximum Gasteiger partial charge on any atom is 0.410 e. The number of carbonyl (C=O) groups excluding carboxylic acids is 3. The van der Waals surface area contributed by atoms with E-state index in [9.17, 15) is 14.4 Å². The predicted molar refractivity (Wildman–Crippen MR) is 142 cm³/mol. The molecule has 0 aromatic heterocycles. The Kier molecular flexibility index (Phi) is 8.31. The minimum atomic E-state index is -0.966. The molecule has 1 N–H and O–H groups in total. The molecule has 0 saturated carbocycles. The Balaban J connectivity index is 1.49. The molecule has 3 amide bonds. The molecule has 2 aromatic rings. The standard InChI is InChI=1S/C27H31Cl2N3O5/c1-27(2,3)37-26(35)31-15-21-23(16-31)36-22(14-24(33)30-20-9-7-18(28)8-10-20)25(34)32(21)12-11-17-5-4-6-19(29)13-17/h4-10,13,21-23H,11-12,14-16H2,1-3H3,(H,30,33). The zero-order valence-electron chi connectivity index (χ0n) is 21.1. The van der Waals surface area contributed by atoms with E-state index in [1.165, 1.54) is 0 Å². The molecule has 0 bridgehead atoms. The Hall–Kier alpha value is -2.81. The third-order valence-corrected chi connectivity index (χ3v) is 6.70. The molecule has 0 aliphatic carbocycles. The number of rotatable bonds is 6. The number of ether oxygens (including phenoxy) is 2. The molecule has 4 rings (SSSR count). The monoisotopic (exact) mass is 547 g/mol. The quantitative estimate of drug-likeness (QED) is 0.562. The number of hydrogen-bond donors (Lipinski definition) is 1. The van der Waals surface area contributed by atoms with Gasteiger partial charge < -0.3 is 24.6 Å². The number of amides is 3. The van der Waals surface area contributed by atoms with Gasteiger partial charge in [-0.25, -0.2) is 4.79 Å². The number of likely N-dealkylation sites (tertiary alicyclic amines) is 1. The molecule has 2 aliphatic rings. The number of fused-ring (bicyclic) bond motifs is 1. The van der Waals surface area contributed by atoms with Crippen molar-refractivity contribution in [2.45, 2.75) is 57.5 Å². The fraction of sp³-hybridized carbons (Fsp3) is 0.444. The first kappa shape index (κ1) is 27.2. The second-order valence-corrected chi connectivity index (χ2v) is 11.2. The third-order valence-electron chi connectivity index (χ3n) is 6.22. The summed E-state index contributed by atoms with van der Waals surface area (Å²) in [5.74, 6) is -0.628. The van der Waals surface area contributed by atoms with E-state index < -0.39 is 23.9 Å². The summed E-state index contributed by atoms with van der Waals surface area (Å²) in [7, 11) is 0. The SMILES string of the molecule is CC(C)(C)OC(=O)N1CC2OC(CC(=O)Nc3ccc(Cl)cc3)C(=O)N(CCc3cccc(Cl)c3)C2C1. The number of nitrogens with zero attached hydrogens (tertiary/aromatic N) is 2. The summed E-state index contributed by atoms with van der Waals surface area (Å²) in [6.07, 6.45) is -1.43. The zero-order valence-corrected chi connectivity index (χ0v) is 22.6. The van der Waals surface area contributed by atoms with Crippen LogP contribution in [0.1, 0.15) is 32.8 Å². The van der Waals surface area contributed by atoms with Crippen molar-refractivity contribution in [2.75, 3.05) is 25.0 Å². The van der Waals surface area contributed by atoms with Gasteiger partial charge in [-0.3, -0.25) is 9.59 Å². The van der Waals surface area contributed by atoms with Crippen LogP contribution in [0, 0.1) is 0 Å². The van der Waals surface area contributed by atoms with Crippen LogP contribution in [-0.2, 0) is 25.5 Å². The molecule has 3 atom stereocenters. The fourth-order valence-corrected chi connectivity index (χ4v) is 4.89. The van der Waals surface area contributed by atoms with Crippen LogP contribution in [0.25, 0.3) is 0 Å². The van der Waals surface area contributed by atoms with Crippen LogP contribution < -0.4 is 5.32 Å². The minimum absolute atomic E-state index is 0.148. The average Bonchev–Trinajstić information content (AvgIpc) is 3.23. The number of halogens is 2. The number of anilines is 1. The van der Waals surface area contributed by atoms with Gasteiger partial charge in [-0.1, -0.05) is 35.3 Å². The van der Waals surface area contributed by atoms with Crippen LogP contribution in [0.15, 0.2) is 48.5 Å². The fourth-order valence-electron chi connectivity index (χ4n) is 4.55. The molecule has 0 radical (unpaired) electrons. The van der Waals surface area contributed by atoms with Gasteiger partial charge in [0.2, 0.25) is 5.91 Å². The highest BCUT2D eigenvalue weighted by Crippen LogP contribution is 2.29. The maximum atomic E-state index is 13.5. The molecule has 10 heteroatoms. The summed E-state index contributed by atoms with van der Waals surface area (Å²) >= 11 is 12.1. The lowest BCUT2D eigenvalue weighted by molar-refractivity contribution is -0.168. The van der Waals surface area contributed by atoms with Crippen molar-refractivity contribution < 1.29 is 23.9 Å². The lowest BCUT2D eigenvalue weighted by Crippen LogP contribution is -2.59. The average molecular weight is 548 g/mol. The summed E-state index contributed by atoms with van der Waals surface area (Å²) in [5.41, 5.74) is 0.920. The van der Waals surface area contributed by atoms with E-state index in [4.69, 9.17) is 32.7 Å². The summed E-state index contributed by atoms with van der Waals surface area (Å²) in [6, 6.07) is 13.9. The zero-order chi connectivity index (χ0) is 26.7. The van der Waals surface area contributed by atoms with E-state index in [1.807, 2.05) is 18.2 Å². The van der Waals surface area contributed by atoms with Crippen LogP contribution in [0.5, 0.6) is 0 Å². The largest absolute Gasteiger partial charge is 0.444 e. The van der Waals surface area contributed by atoms with Gasteiger partial charge in [0, 0.05) is 28.8 Å². The van der Waals surface area contributed by atoms with E-state index in [1.54, 1.807) is 60.9 Å². The summed E-state index contributed by atoms with van der Waals surface area (Å²) in [5, 5.41) is 3.96. The molecule has 2 aliphatic heterocycles. The van der Waals surface area contributed by atoms with E-state index in [0.29, 0.717) is 35.2 Å². The van der Waals surface area contributed by atoms with Crippen LogP contribution >= 0.6 is 23.2 Å². The Morgan fingerprint density at radius 3 is 2.49 bits per heavy atom. The van der Waals surface area contributed by atoms with Crippen molar-refractivity contribution in [1.82, 2.24) is 9.80 Å². The molecular formula is C27H31Cl2N3O5. The highest BCUT2D eigenvalue weighted by Gasteiger charge is 2.49. The van der Waals surface area contributed by atoms with Gasteiger partial charge in [0.25, 0.3) is 5.91 Å². The second-order valence-electron chi connectivity index (χ2n) is 10.3. The number of nitrogens with one attached hydrogen (secondary N) is 1. The van der Waals surface area contributed by atoms with Crippen LogP contribution in [-0.4, -0.2) is 71.2 Å². The van der Waals surface area contributed by atoms with Gasteiger partial charge in [0.1, 0.15) is 11.7 Å². The number of hydrogen-bond acceptors (Lipinski definition) is 5. The van der Waals surface area contributed by atoms with Crippen LogP contribution in [0.3, 0.4) is 0 Å². The first-order valence-electron chi connectivity index (χ1n) is 12.2. The van der Waals surface area contributed by atoms with Crippen molar-refractivity contribution in [3.05, 3.63) is 64.1 Å². The molecule has 8 nitrogen and oxygen atoms in total. The first-order valence-corrected chi connectivity index (χ1v) is 13.0. The third kappa shape index (κ3) is 7.15. The lowest BCUT2D eigenvalue weighted by Gasteiger charge is -2.40. The Bertz CT molecular complexity index is 1150. The topological polar surface area (TPSA) is 88.2 Å². The van der Waals surface area contributed by atoms with Gasteiger partial charge in [0.05, 0.1) is 25.1 Å². The molecule has 2 heterocycles. The van der Waals surface area contributed by atoms with Crippen molar-refractivity contribution in [3.8, 4) is 0 Å². The molecule has 198 valence electrons. The lowest BCUT2D eigenvalue weighted by atomic mass is 10.0. The molecule has 0 spiro atoms. The minimum Gasteiger partial charge on any atom is -0.444 e. The molecule has 2 aromatic carbocycles. The Morgan fingerprint density at radius 2 is 1.81 bits per heavy atom. The van der Waals surface area contributed by atoms with Crippen molar-refractivity contribution in [1.29, 1.82) is 0 Å². The van der Waals surface area contributed by atoms with Gasteiger partial charge in [-0.05, 0) is 69.2 Å². The van der Waals surface area contributed by atoms with E-state index in [2.05, 4.69) is 5.32 Å². The summed E-state index contributed by atoms with van der Waals surface area (Å²) < 4.78 is 11.7. The summed E-state index contributed by atoms with van der Waals surface area (Å²) in [4.78, 5) is 42.4. The molecular weight excluding hydrogens is 517 g/mol. The normalized spacial score (nSPS) is 21.5. The molecule has 2 saturated heterocycles. The maximum absolute atomic E-state index is 13.5. The van der Waals surface area contributed by atoms with E-state index in [-0.39, 0.29) is 30.8 Å². The Morgan fingerprint density at radius 1 is 1.08 bits per heavy atom. The molecule has 37 heavy (non-hydrogen) atoms. The van der Waals surface area contributed by atoms with E-state index >= 15 is 0 Å². The second kappa shape index (κ2) is 11.3. The number of morpholine rings is 1. The Labute approximate surface area is 226 Å². The predicted octanol–water partition coefficient (Wildman–Crippen LogP) is 4.78. The van der Waals surface area contributed by atoms with Crippen LogP contribution in [0.2, 0.25) is 10.0 Å². The number of benzene rings is 2. The smallest absolute Gasteiger partial charge is 0.410 e. The van der Waals surface area contributed by atoms with Gasteiger partial charge in [0.15, 0.2) is 0 Å². The van der Waals surface area contributed by atoms with Gasteiger partial charge in [-0.2, -0.15) is 0 Å². The molecule has 3 unspecified atom stereocenters. The highest BCUT2D eigenvalue weighted by atomic mass is 35.5.